The average molecular weight is 932 g/mol. The molecule has 12 atom stereocenters. The van der Waals surface area contributed by atoms with Crippen LogP contribution in [0.1, 0.15) is 213 Å². The summed E-state index contributed by atoms with van der Waals surface area (Å²) >= 11 is 0. The van der Waals surface area contributed by atoms with Crippen LogP contribution < -0.4 is 5.32 Å². The first-order valence-corrected chi connectivity index (χ1v) is 26.4. The summed E-state index contributed by atoms with van der Waals surface area (Å²) in [5.41, 5.74) is 0. The number of amides is 1. The molecule has 2 aliphatic heterocycles. The fourth-order valence-electron chi connectivity index (χ4n) is 8.88. The summed E-state index contributed by atoms with van der Waals surface area (Å²) < 4.78 is 22.7. The van der Waals surface area contributed by atoms with Crippen LogP contribution in [-0.4, -0.2) is 140 Å². The van der Waals surface area contributed by atoms with Crippen LogP contribution in [0, 0.1) is 0 Å². The molecular formula is C51H97NO13. The maximum absolute atomic E-state index is 13.1. The van der Waals surface area contributed by atoms with Crippen molar-refractivity contribution in [3.63, 3.8) is 0 Å². The number of unbranched alkanes of at least 4 members (excludes halogenated alkanes) is 28. The van der Waals surface area contributed by atoms with E-state index in [2.05, 4.69) is 19.2 Å². The Kier molecular flexibility index (Phi) is 35.5. The highest BCUT2D eigenvalue weighted by molar-refractivity contribution is 5.76. The van der Waals surface area contributed by atoms with Gasteiger partial charge in [0.1, 0.15) is 48.8 Å². The Balaban J connectivity index is 1.74. The number of allylic oxidation sites excluding steroid dienone is 1. The second-order valence-corrected chi connectivity index (χ2v) is 19.0. The fraction of sp³-hybridized carbons (Fsp3) is 0.941. The predicted octanol–water partition coefficient (Wildman–Crippen LogP) is 7.16. The summed E-state index contributed by atoms with van der Waals surface area (Å²) in [4.78, 5) is 13.1. The first-order valence-electron chi connectivity index (χ1n) is 26.4. The third kappa shape index (κ3) is 25.8. The minimum atomic E-state index is -1.78. The minimum absolute atomic E-state index is 0.238. The smallest absolute Gasteiger partial charge is 0.220 e. The van der Waals surface area contributed by atoms with Crippen molar-refractivity contribution in [2.75, 3.05) is 19.8 Å². The molecule has 0 aromatic carbocycles. The second-order valence-electron chi connectivity index (χ2n) is 19.0. The van der Waals surface area contributed by atoms with Gasteiger partial charge in [0, 0.05) is 6.42 Å². The zero-order valence-corrected chi connectivity index (χ0v) is 40.7. The Bertz CT molecular complexity index is 1150. The van der Waals surface area contributed by atoms with Crippen LogP contribution in [0.4, 0.5) is 0 Å². The Morgan fingerprint density at radius 2 is 0.954 bits per heavy atom. The summed E-state index contributed by atoms with van der Waals surface area (Å²) in [6.07, 6.45) is 24.2. The first kappa shape index (κ1) is 59.9. The number of aliphatic hydroxyl groups excluding tert-OH is 8. The molecule has 0 saturated carbocycles. The number of hydrogen-bond acceptors (Lipinski definition) is 13. The van der Waals surface area contributed by atoms with Crippen molar-refractivity contribution in [3.8, 4) is 0 Å². The number of ether oxygens (including phenoxy) is 4. The largest absolute Gasteiger partial charge is 0.394 e. The van der Waals surface area contributed by atoms with Crippen LogP contribution in [0.2, 0.25) is 0 Å². The van der Waals surface area contributed by atoms with Gasteiger partial charge in [-0.2, -0.15) is 0 Å². The lowest BCUT2D eigenvalue weighted by Gasteiger charge is -2.46. The molecule has 2 rings (SSSR count). The SMILES string of the molecule is CCCCCCCCC/C=C/C(O)C(COC1OC(CO)C(OC2OC(CO)C(O)C(O)C2O)C(O)C1O)NC(=O)CCCCCCCCCCCCCCCCCCCCCCCC. The van der Waals surface area contributed by atoms with E-state index in [0.29, 0.717) is 6.42 Å². The Hall–Kier alpha value is -1.27. The molecule has 2 heterocycles. The van der Waals surface area contributed by atoms with Gasteiger partial charge in [0.2, 0.25) is 5.91 Å². The monoisotopic (exact) mass is 932 g/mol. The van der Waals surface area contributed by atoms with Gasteiger partial charge in [-0.3, -0.25) is 4.79 Å². The van der Waals surface area contributed by atoms with Gasteiger partial charge in [0.05, 0.1) is 32.0 Å². The van der Waals surface area contributed by atoms with Gasteiger partial charge in [0.15, 0.2) is 12.6 Å². The highest BCUT2D eigenvalue weighted by Gasteiger charge is 2.51. The Morgan fingerprint density at radius 3 is 1.42 bits per heavy atom. The van der Waals surface area contributed by atoms with Crippen molar-refractivity contribution >= 4 is 5.91 Å². The molecule has 1 amide bonds. The number of carbonyl (C=O) groups excluding carboxylic acids is 1. The molecule has 384 valence electrons. The topological polar surface area (TPSA) is 228 Å². The summed E-state index contributed by atoms with van der Waals surface area (Å²) in [5, 5.41) is 86.6. The summed E-state index contributed by atoms with van der Waals surface area (Å²) in [5.74, 6) is -0.238. The van der Waals surface area contributed by atoms with Gasteiger partial charge in [-0.1, -0.05) is 199 Å². The van der Waals surface area contributed by atoms with E-state index in [1.807, 2.05) is 6.08 Å². The standard InChI is InChI=1S/C51H97NO13/c1-3-5-7-9-11-13-14-15-16-17-18-19-20-21-22-23-24-25-27-29-31-33-35-43(56)52-39(40(55)34-32-30-28-26-12-10-8-6-4-2)38-62-50-48(61)46(59)49(42(37-54)64-50)65-51-47(60)45(58)44(57)41(36-53)63-51/h32,34,39-42,44-51,53-55,57-61H,3-31,33,35-38H2,1-2H3,(H,52,56)/b34-32+. The van der Waals surface area contributed by atoms with Crippen LogP contribution in [-0.2, 0) is 23.7 Å². The summed E-state index contributed by atoms with van der Waals surface area (Å²) in [7, 11) is 0. The van der Waals surface area contributed by atoms with Crippen molar-refractivity contribution in [2.45, 2.75) is 286 Å². The van der Waals surface area contributed by atoms with E-state index in [1.54, 1.807) is 6.08 Å². The molecule has 12 unspecified atom stereocenters. The predicted molar refractivity (Wildman–Crippen MR) is 254 cm³/mol. The van der Waals surface area contributed by atoms with E-state index in [9.17, 15) is 45.6 Å². The average Bonchev–Trinajstić information content (AvgIpc) is 3.30. The molecule has 14 heteroatoms. The molecule has 0 spiro atoms. The van der Waals surface area contributed by atoms with Crippen molar-refractivity contribution in [3.05, 3.63) is 12.2 Å². The van der Waals surface area contributed by atoms with Gasteiger partial charge >= 0.3 is 0 Å². The van der Waals surface area contributed by atoms with Crippen LogP contribution in [0.5, 0.6) is 0 Å². The first-order chi connectivity index (χ1) is 31.6. The maximum atomic E-state index is 13.1. The second kappa shape index (κ2) is 38.6. The van der Waals surface area contributed by atoms with Crippen LogP contribution in [0.3, 0.4) is 0 Å². The maximum Gasteiger partial charge on any atom is 0.220 e. The Morgan fingerprint density at radius 1 is 0.538 bits per heavy atom. The van der Waals surface area contributed by atoms with Gasteiger partial charge in [-0.25, -0.2) is 0 Å². The Labute approximate surface area is 393 Å². The molecule has 0 aliphatic carbocycles. The molecular weight excluding hydrogens is 835 g/mol. The highest BCUT2D eigenvalue weighted by Crippen LogP contribution is 2.30. The molecule has 65 heavy (non-hydrogen) atoms. The van der Waals surface area contributed by atoms with Crippen molar-refractivity contribution in [1.82, 2.24) is 5.32 Å². The lowest BCUT2D eigenvalue weighted by molar-refractivity contribution is -0.359. The quantitative estimate of drug-likeness (QED) is 0.0219. The third-order valence-corrected chi connectivity index (χ3v) is 13.2. The van der Waals surface area contributed by atoms with E-state index in [1.165, 1.54) is 148 Å². The van der Waals surface area contributed by atoms with Crippen molar-refractivity contribution in [2.24, 2.45) is 0 Å². The molecule has 14 nitrogen and oxygen atoms in total. The molecule has 2 fully saturated rings. The van der Waals surface area contributed by atoms with E-state index in [-0.39, 0.29) is 18.9 Å². The minimum Gasteiger partial charge on any atom is -0.394 e. The normalized spacial score (nSPS) is 27.0. The number of rotatable bonds is 41. The molecule has 9 N–H and O–H groups in total. The lowest BCUT2D eigenvalue weighted by atomic mass is 9.97. The molecule has 0 aromatic heterocycles. The van der Waals surface area contributed by atoms with E-state index in [0.717, 1.165) is 38.5 Å². The lowest BCUT2D eigenvalue weighted by Crippen LogP contribution is -2.65. The molecule has 2 saturated heterocycles. The third-order valence-electron chi connectivity index (χ3n) is 13.2. The number of aliphatic hydroxyl groups is 8. The zero-order valence-electron chi connectivity index (χ0n) is 40.7. The van der Waals surface area contributed by atoms with Crippen LogP contribution in [0.25, 0.3) is 0 Å². The van der Waals surface area contributed by atoms with Crippen molar-refractivity contribution in [1.29, 1.82) is 0 Å². The van der Waals surface area contributed by atoms with Crippen LogP contribution >= 0.6 is 0 Å². The molecule has 0 bridgehead atoms. The number of hydrogen-bond donors (Lipinski definition) is 9. The van der Waals surface area contributed by atoms with E-state index >= 15 is 0 Å². The fourth-order valence-corrected chi connectivity index (χ4v) is 8.88. The van der Waals surface area contributed by atoms with E-state index < -0.39 is 86.8 Å². The van der Waals surface area contributed by atoms with E-state index in [4.69, 9.17) is 18.9 Å². The van der Waals surface area contributed by atoms with Gasteiger partial charge < -0.3 is 65.1 Å². The number of carbonyl (C=O) groups is 1. The molecule has 0 radical (unpaired) electrons. The van der Waals surface area contributed by atoms with Crippen molar-refractivity contribution < 1.29 is 64.6 Å². The van der Waals surface area contributed by atoms with Crippen LogP contribution in [0.15, 0.2) is 12.2 Å². The zero-order chi connectivity index (χ0) is 47.5. The number of nitrogens with one attached hydrogen (secondary N) is 1. The highest BCUT2D eigenvalue weighted by atomic mass is 16.7. The summed E-state index contributed by atoms with van der Waals surface area (Å²) in [6, 6.07) is -0.906. The molecule has 2 aliphatic rings. The van der Waals surface area contributed by atoms with Gasteiger partial charge in [-0.05, 0) is 19.3 Å². The van der Waals surface area contributed by atoms with Gasteiger partial charge in [-0.15, -0.1) is 0 Å². The van der Waals surface area contributed by atoms with Gasteiger partial charge in [0.25, 0.3) is 0 Å². The molecule has 0 aromatic rings. The summed E-state index contributed by atoms with van der Waals surface area (Å²) in [6.45, 7) is 2.76.